The number of carbonyl (C=O) groups excluding carboxylic acids is 1. The zero-order valence-corrected chi connectivity index (χ0v) is 20.5. The van der Waals surface area contributed by atoms with Gasteiger partial charge in [0, 0.05) is 12.0 Å². The molecule has 0 saturated carbocycles. The maximum atomic E-state index is 12.6. The van der Waals surface area contributed by atoms with Crippen molar-refractivity contribution >= 4 is 33.3 Å². The van der Waals surface area contributed by atoms with E-state index in [0.717, 1.165) is 28.9 Å². The van der Waals surface area contributed by atoms with E-state index in [2.05, 4.69) is 10.6 Å². The maximum Gasteiger partial charge on any atom is 0.238 e. The van der Waals surface area contributed by atoms with Gasteiger partial charge in [-0.3, -0.25) is 4.79 Å². The van der Waals surface area contributed by atoms with Gasteiger partial charge in [0.2, 0.25) is 15.9 Å². The third kappa shape index (κ3) is 7.89. The summed E-state index contributed by atoms with van der Waals surface area (Å²) in [6.07, 6.45) is 1.37. The predicted octanol–water partition coefficient (Wildman–Crippen LogP) is 3.33. The van der Waals surface area contributed by atoms with Crippen LogP contribution in [0, 0.1) is 19.3 Å². The van der Waals surface area contributed by atoms with Crippen LogP contribution >= 0.6 is 12.2 Å². The van der Waals surface area contributed by atoms with Crippen LogP contribution in [-0.2, 0) is 21.4 Å². The lowest BCUT2D eigenvalue weighted by atomic mass is 9.87. The number of thiocarbonyl (C=S) groups is 1. The third-order valence-corrected chi connectivity index (χ3v) is 6.27. The molecular weight excluding hydrogens is 446 g/mol. The van der Waals surface area contributed by atoms with Gasteiger partial charge < -0.3 is 15.4 Å². The molecule has 0 unspecified atom stereocenters. The number of amides is 1. The second-order valence-electron chi connectivity index (χ2n) is 8.43. The highest BCUT2D eigenvalue weighted by molar-refractivity contribution is 7.89. The molecule has 9 heteroatoms. The van der Waals surface area contributed by atoms with E-state index in [4.69, 9.17) is 22.1 Å². The minimum atomic E-state index is -3.73. The number of hydrogen-bond acceptors (Lipinski definition) is 5. The molecule has 0 aliphatic rings. The van der Waals surface area contributed by atoms with E-state index in [1.54, 1.807) is 12.1 Å². The topological polar surface area (TPSA) is 111 Å². The Kier molecular flexibility index (Phi) is 8.77. The second-order valence-corrected chi connectivity index (χ2v) is 10.4. The van der Waals surface area contributed by atoms with Crippen LogP contribution in [0.15, 0.2) is 47.4 Å². The normalized spacial score (nSPS) is 11.7. The average molecular weight is 478 g/mol. The first-order valence-electron chi connectivity index (χ1n) is 10.3. The molecule has 0 aliphatic carbocycles. The van der Waals surface area contributed by atoms with E-state index in [-0.39, 0.29) is 15.9 Å². The quantitative estimate of drug-likeness (QED) is 0.377. The largest absolute Gasteiger partial charge is 0.493 e. The number of sulfonamides is 1. The molecule has 174 valence electrons. The number of aryl methyl sites for hydroxylation is 2. The van der Waals surface area contributed by atoms with E-state index < -0.39 is 15.4 Å². The van der Waals surface area contributed by atoms with Gasteiger partial charge in [0.15, 0.2) is 5.11 Å². The first-order chi connectivity index (χ1) is 14.9. The minimum Gasteiger partial charge on any atom is -0.493 e. The fourth-order valence-electron chi connectivity index (χ4n) is 2.97. The van der Waals surface area contributed by atoms with Gasteiger partial charge in [0.25, 0.3) is 0 Å². The fraction of sp³-hybridized carbons (Fsp3) is 0.391. The maximum absolute atomic E-state index is 12.6. The lowest BCUT2D eigenvalue weighted by Gasteiger charge is -2.24. The molecule has 1 amide bonds. The second kappa shape index (κ2) is 10.9. The Balaban J connectivity index is 1.77. The zero-order valence-electron chi connectivity index (χ0n) is 18.9. The van der Waals surface area contributed by atoms with E-state index in [1.807, 2.05) is 45.9 Å². The Morgan fingerprint density at radius 2 is 1.78 bits per heavy atom. The molecule has 0 spiro atoms. The van der Waals surface area contributed by atoms with Crippen LogP contribution in [0.5, 0.6) is 5.75 Å². The Bertz CT molecular complexity index is 1070. The van der Waals surface area contributed by atoms with E-state index in [0.29, 0.717) is 19.6 Å². The molecule has 2 aromatic carbocycles. The van der Waals surface area contributed by atoms with Crippen molar-refractivity contribution in [1.82, 2.24) is 10.6 Å². The van der Waals surface area contributed by atoms with Gasteiger partial charge in [0.05, 0.1) is 11.5 Å². The first kappa shape index (κ1) is 25.8. The summed E-state index contributed by atoms with van der Waals surface area (Å²) in [4.78, 5) is 12.7. The molecule has 0 bridgehead atoms. The fourth-order valence-corrected chi connectivity index (χ4v) is 3.65. The summed E-state index contributed by atoms with van der Waals surface area (Å²) in [5.41, 5.74) is 2.42. The molecule has 0 aliphatic heterocycles. The Morgan fingerprint density at radius 3 is 2.41 bits per heavy atom. The first-order valence-corrected chi connectivity index (χ1v) is 12.2. The standard InChI is InChI=1S/C23H31N3O4S2/c1-16-6-7-17(2)20(14-16)30-13-5-12-23(3,4)21(27)26-22(31)25-15-18-8-10-19(11-9-18)32(24,28)29/h6-11,14H,5,12-13,15H2,1-4H3,(H2,24,28,29)(H2,25,26,27,31). The highest BCUT2D eigenvalue weighted by Crippen LogP contribution is 2.24. The summed E-state index contributed by atoms with van der Waals surface area (Å²) in [6, 6.07) is 12.2. The Hall–Kier alpha value is -2.49. The van der Waals surface area contributed by atoms with Gasteiger partial charge in [-0.1, -0.05) is 38.1 Å². The summed E-state index contributed by atoms with van der Waals surface area (Å²) in [5.74, 6) is 0.695. The minimum absolute atomic E-state index is 0.0421. The Morgan fingerprint density at radius 1 is 1.12 bits per heavy atom. The summed E-state index contributed by atoms with van der Waals surface area (Å²) < 4.78 is 28.5. The lowest BCUT2D eigenvalue weighted by molar-refractivity contribution is -0.128. The number of primary sulfonamides is 1. The lowest BCUT2D eigenvalue weighted by Crippen LogP contribution is -2.45. The molecule has 0 fully saturated rings. The number of rotatable bonds is 9. The number of benzene rings is 2. The number of hydrogen-bond donors (Lipinski definition) is 3. The number of ether oxygens (including phenoxy) is 1. The Labute approximate surface area is 195 Å². The van der Waals surface area contributed by atoms with Gasteiger partial charge in [0.1, 0.15) is 5.75 Å². The molecule has 7 nitrogen and oxygen atoms in total. The van der Waals surface area contributed by atoms with E-state index in [1.165, 1.54) is 12.1 Å². The van der Waals surface area contributed by atoms with Crippen molar-refractivity contribution in [1.29, 1.82) is 0 Å². The van der Waals surface area contributed by atoms with Gasteiger partial charge in [-0.05, 0) is 73.8 Å². The molecule has 0 radical (unpaired) electrons. The molecule has 32 heavy (non-hydrogen) atoms. The number of nitrogens with two attached hydrogens (primary N) is 1. The van der Waals surface area contributed by atoms with Crippen molar-refractivity contribution in [3.63, 3.8) is 0 Å². The van der Waals surface area contributed by atoms with Crippen molar-refractivity contribution in [3.8, 4) is 5.75 Å². The van der Waals surface area contributed by atoms with Crippen LogP contribution in [0.4, 0.5) is 0 Å². The molecule has 0 saturated heterocycles. The van der Waals surface area contributed by atoms with Crippen LogP contribution in [0.1, 0.15) is 43.4 Å². The summed E-state index contributed by atoms with van der Waals surface area (Å²) in [6.45, 7) is 8.64. The van der Waals surface area contributed by atoms with Crippen molar-refractivity contribution in [3.05, 3.63) is 59.2 Å². The molecule has 0 heterocycles. The van der Waals surface area contributed by atoms with Crippen LogP contribution in [-0.4, -0.2) is 26.0 Å². The van der Waals surface area contributed by atoms with Crippen molar-refractivity contribution < 1.29 is 17.9 Å². The predicted molar refractivity (Wildman–Crippen MR) is 130 cm³/mol. The molecule has 0 atom stereocenters. The van der Waals surface area contributed by atoms with Gasteiger partial charge in [-0.15, -0.1) is 0 Å². The monoisotopic (exact) mass is 477 g/mol. The number of nitrogens with one attached hydrogen (secondary N) is 2. The molecule has 2 rings (SSSR count). The highest BCUT2D eigenvalue weighted by atomic mass is 32.2. The highest BCUT2D eigenvalue weighted by Gasteiger charge is 2.27. The summed E-state index contributed by atoms with van der Waals surface area (Å²) >= 11 is 5.23. The molecule has 2 aromatic rings. The van der Waals surface area contributed by atoms with Crippen LogP contribution < -0.4 is 20.5 Å². The van der Waals surface area contributed by atoms with E-state index >= 15 is 0 Å². The molecular formula is C23H31N3O4S2. The van der Waals surface area contributed by atoms with Crippen LogP contribution in [0.3, 0.4) is 0 Å². The van der Waals surface area contributed by atoms with E-state index in [9.17, 15) is 13.2 Å². The van der Waals surface area contributed by atoms with Gasteiger partial charge in [-0.2, -0.15) is 0 Å². The van der Waals surface area contributed by atoms with Gasteiger partial charge in [-0.25, -0.2) is 13.6 Å². The smallest absolute Gasteiger partial charge is 0.238 e. The zero-order chi connectivity index (χ0) is 23.9. The number of carbonyl (C=O) groups is 1. The summed E-state index contributed by atoms with van der Waals surface area (Å²) in [5, 5.41) is 11.0. The van der Waals surface area contributed by atoms with Crippen LogP contribution in [0.2, 0.25) is 0 Å². The van der Waals surface area contributed by atoms with Crippen molar-refractivity contribution in [2.75, 3.05) is 6.61 Å². The SMILES string of the molecule is Cc1ccc(C)c(OCCCC(C)(C)C(=O)NC(=S)NCc2ccc(S(N)(=O)=O)cc2)c1. The third-order valence-electron chi connectivity index (χ3n) is 5.09. The van der Waals surface area contributed by atoms with Gasteiger partial charge >= 0.3 is 0 Å². The average Bonchev–Trinajstić information content (AvgIpc) is 2.71. The molecule has 0 aromatic heterocycles. The summed E-state index contributed by atoms with van der Waals surface area (Å²) in [7, 11) is -3.73. The molecule has 4 N–H and O–H groups in total. The van der Waals surface area contributed by atoms with Crippen LogP contribution in [0.25, 0.3) is 0 Å². The van der Waals surface area contributed by atoms with Crippen molar-refractivity contribution in [2.24, 2.45) is 10.6 Å². The van der Waals surface area contributed by atoms with Crippen molar-refractivity contribution in [2.45, 2.75) is 52.0 Å².